The molecule has 2 rings (SSSR count). The summed E-state index contributed by atoms with van der Waals surface area (Å²) < 4.78 is 10.3. The lowest BCUT2D eigenvalue weighted by Crippen LogP contribution is -2.37. The van der Waals surface area contributed by atoms with Gasteiger partial charge in [0.1, 0.15) is 5.75 Å². The summed E-state index contributed by atoms with van der Waals surface area (Å²) >= 11 is 0. The smallest absolute Gasteiger partial charge is 0.310 e. The van der Waals surface area contributed by atoms with Crippen LogP contribution in [0, 0.1) is 5.92 Å². The molecule has 1 aliphatic carbocycles. The van der Waals surface area contributed by atoms with Crippen LogP contribution in [0.25, 0.3) is 6.08 Å². The van der Waals surface area contributed by atoms with Gasteiger partial charge in [-0.25, -0.2) is 0 Å². The minimum Gasteiger partial charge on any atom is -0.494 e. The van der Waals surface area contributed by atoms with Gasteiger partial charge in [0.15, 0.2) is 0 Å². The Balaban J connectivity index is 1.95. The van der Waals surface area contributed by atoms with Gasteiger partial charge in [-0.05, 0) is 43.0 Å². The van der Waals surface area contributed by atoms with Crippen molar-refractivity contribution in [3.63, 3.8) is 0 Å². The van der Waals surface area contributed by atoms with Gasteiger partial charge >= 0.3 is 5.97 Å². The molecule has 1 saturated carbocycles. The van der Waals surface area contributed by atoms with Crippen molar-refractivity contribution < 1.29 is 19.1 Å². The van der Waals surface area contributed by atoms with Crippen LogP contribution in [0.3, 0.4) is 0 Å². The average Bonchev–Trinajstić information content (AvgIpc) is 3.47. The fourth-order valence-electron chi connectivity index (χ4n) is 2.53. The van der Waals surface area contributed by atoms with E-state index in [-0.39, 0.29) is 23.8 Å². The van der Waals surface area contributed by atoms with Gasteiger partial charge in [-0.15, -0.1) is 0 Å². The lowest BCUT2D eigenvalue weighted by molar-refractivity contribution is -0.146. The summed E-state index contributed by atoms with van der Waals surface area (Å²) in [6, 6.07) is 7.89. The summed E-state index contributed by atoms with van der Waals surface area (Å²) in [4.78, 5) is 25.9. The maximum Gasteiger partial charge on any atom is 0.310 e. The SMILES string of the molecule is CCCOc1ccc(/C=C/C(=O)N(CC(C)C(=O)OC)C2CC2)cc1. The van der Waals surface area contributed by atoms with Crippen molar-refractivity contribution in [3.05, 3.63) is 35.9 Å². The molecule has 0 heterocycles. The van der Waals surface area contributed by atoms with Gasteiger partial charge in [0, 0.05) is 18.7 Å². The first kappa shape index (κ1) is 19.0. The third-order valence-corrected chi connectivity index (χ3v) is 4.12. The zero-order valence-corrected chi connectivity index (χ0v) is 15.2. The van der Waals surface area contributed by atoms with Crippen LogP contribution in [-0.2, 0) is 14.3 Å². The highest BCUT2D eigenvalue weighted by Gasteiger charge is 2.33. The van der Waals surface area contributed by atoms with Crippen molar-refractivity contribution in [1.29, 1.82) is 0 Å². The van der Waals surface area contributed by atoms with Crippen LogP contribution < -0.4 is 4.74 Å². The molecule has 0 spiro atoms. The summed E-state index contributed by atoms with van der Waals surface area (Å²) in [6.07, 6.45) is 6.33. The molecule has 1 unspecified atom stereocenters. The van der Waals surface area contributed by atoms with Crippen molar-refractivity contribution in [1.82, 2.24) is 4.90 Å². The number of methoxy groups -OCH3 is 1. The second-order valence-corrected chi connectivity index (χ2v) is 6.40. The van der Waals surface area contributed by atoms with Crippen LogP contribution in [0.5, 0.6) is 5.75 Å². The van der Waals surface area contributed by atoms with Crippen molar-refractivity contribution >= 4 is 18.0 Å². The maximum absolute atomic E-state index is 12.5. The van der Waals surface area contributed by atoms with Crippen molar-refractivity contribution in [2.24, 2.45) is 5.92 Å². The monoisotopic (exact) mass is 345 g/mol. The quantitative estimate of drug-likeness (QED) is 0.509. The molecule has 5 heteroatoms. The molecule has 0 aliphatic heterocycles. The highest BCUT2D eigenvalue weighted by Crippen LogP contribution is 2.28. The first-order chi connectivity index (χ1) is 12.0. The van der Waals surface area contributed by atoms with Crippen LogP contribution >= 0.6 is 0 Å². The molecule has 136 valence electrons. The number of nitrogens with zero attached hydrogens (tertiary/aromatic N) is 1. The molecule has 1 amide bonds. The number of carbonyl (C=O) groups is 2. The normalized spacial score (nSPS) is 15.0. The van der Waals surface area contributed by atoms with E-state index in [1.54, 1.807) is 24.0 Å². The number of hydrogen-bond acceptors (Lipinski definition) is 4. The molecule has 1 aliphatic rings. The van der Waals surface area contributed by atoms with Crippen LogP contribution in [-0.4, -0.2) is 43.1 Å². The number of hydrogen-bond donors (Lipinski definition) is 0. The van der Waals surface area contributed by atoms with Crippen molar-refractivity contribution in [2.75, 3.05) is 20.3 Å². The number of carbonyl (C=O) groups excluding carboxylic acids is 2. The second kappa shape index (κ2) is 9.25. The van der Waals surface area contributed by atoms with E-state index >= 15 is 0 Å². The van der Waals surface area contributed by atoms with E-state index in [0.29, 0.717) is 13.2 Å². The van der Waals surface area contributed by atoms with E-state index in [4.69, 9.17) is 9.47 Å². The van der Waals surface area contributed by atoms with Gasteiger partial charge in [0.2, 0.25) is 5.91 Å². The summed E-state index contributed by atoms with van der Waals surface area (Å²) in [5.41, 5.74) is 0.939. The molecular formula is C20H27NO4. The van der Waals surface area contributed by atoms with Crippen LogP contribution in [0.15, 0.2) is 30.3 Å². The minimum absolute atomic E-state index is 0.0652. The highest BCUT2D eigenvalue weighted by molar-refractivity contribution is 5.92. The van der Waals surface area contributed by atoms with Gasteiger partial charge < -0.3 is 14.4 Å². The van der Waals surface area contributed by atoms with Crippen LogP contribution in [0.1, 0.15) is 38.7 Å². The summed E-state index contributed by atoms with van der Waals surface area (Å²) in [6.45, 7) is 4.94. The Labute approximate surface area is 149 Å². The predicted molar refractivity (Wildman–Crippen MR) is 97.2 cm³/mol. The molecule has 0 radical (unpaired) electrons. The maximum atomic E-state index is 12.5. The lowest BCUT2D eigenvalue weighted by Gasteiger charge is -2.23. The molecule has 5 nitrogen and oxygen atoms in total. The van der Waals surface area contributed by atoms with E-state index in [1.165, 1.54) is 7.11 Å². The number of rotatable bonds is 9. The minimum atomic E-state index is -0.321. The van der Waals surface area contributed by atoms with Gasteiger partial charge in [0.05, 0.1) is 19.6 Å². The van der Waals surface area contributed by atoms with Crippen molar-refractivity contribution in [2.45, 2.75) is 39.2 Å². The number of benzene rings is 1. The Morgan fingerprint density at radius 2 is 1.96 bits per heavy atom. The molecule has 1 atom stereocenters. The van der Waals surface area contributed by atoms with E-state index < -0.39 is 0 Å². The summed E-state index contributed by atoms with van der Waals surface area (Å²) in [5.74, 6) is 0.157. The first-order valence-electron chi connectivity index (χ1n) is 8.84. The zero-order chi connectivity index (χ0) is 18.2. The number of amides is 1. The lowest BCUT2D eigenvalue weighted by atomic mass is 10.1. The van der Waals surface area contributed by atoms with Gasteiger partial charge in [-0.3, -0.25) is 9.59 Å². The Morgan fingerprint density at radius 3 is 2.52 bits per heavy atom. The third kappa shape index (κ3) is 5.93. The van der Waals surface area contributed by atoms with Crippen LogP contribution in [0.2, 0.25) is 0 Å². The predicted octanol–water partition coefficient (Wildman–Crippen LogP) is 3.29. The van der Waals surface area contributed by atoms with E-state index in [0.717, 1.165) is 30.6 Å². The van der Waals surface area contributed by atoms with Gasteiger partial charge in [-0.2, -0.15) is 0 Å². The Bertz CT molecular complexity index is 605. The first-order valence-corrected chi connectivity index (χ1v) is 8.84. The molecule has 25 heavy (non-hydrogen) atoms. The Morgan fingerprint density at radius 1 is 1.28 bits per heavy atom. The van der Waals surface area contributed by atoms with Crippen LogP contribution in [0.4, 0.5) is 0 Å². The molecule has 0 saturated heterocycles. The van der Waals surface area contributed by atoms with E-state index in [9.17, 15) is 9.59 Å². The fraction of sp³-hybridized carbons (Fsp3) is 0.500. The van der Waals surface area contributed by atoms with Gasteiger partial charge in [0.25, 0.3) is 0 Å². The van der Waals surface area contributed by atoms with E-state index in [1.807, 2.05) is 24.3 Å². The standard InChI is InChI=1S/C20H27NO4/c1-4-13-25-18-10-5-16(6-11-18)7-12-19(22)21(17-8-9-17)14-15(2)20(23)24-3/h5-7,10-12,15,17H,4,8-9,13-14H2,1-3H3/b12-7+. The molecule has 0 N–H and O–H groups in total. The Hall–Kier alpha value is -2.30. The summed E-state index contributed by atoms with van der Waals surface area (Å²) in [5, 5.41) is 0. The molecule has 0 bridgehead atoms. The largest absolute Gasteiger partial charge is 0.494 e. The Kier molecular flexibility index (Phi) is 7.04. The zero-order valence-electron chi connectivity index (χ0n) is 15.2. The topological polar surface area (TPSA) is 55.8 Å². The van der Waals surface area contributed by atoms with Gasteiger partial charge in [-0.1, -0.05) is 26.0 Å². The van der Waals surface area contributed by atoms with Crippen molar-refractivity contribution in [3.8, 4) is 5.75 Å². The highest BCUT2D eigenvalue weighted by atomic mass is 16.5. The molecule has 0 aromatic heterocycles. The fourth-order valence-corrected chi connectivity index (χ4v) is 2.53. The molecule has 1 aromatic carbocycles. The average molecular weight is 345 g/mol. The van der Waals surface area contributed by atoms with E-state index in [2.05, 4.69) is 6.92 Å². The number of esters is 1. The number of ether oxygens (including phenoxy) is 2. The molecule has 1 aromatic rings. The second-order valence-electron chi connectivity index (χ2n) is 6.40. The summed E-state index contributed by atoms with van der Waals surface area (Å²) in [7, 11) is 1.37. The molecule has 1 fully saturated rings. The third-order valence-electron chi connectivity index (χ3n) is 4.12. The molecular weight excluding hydrogens is 318 g/mol.